The minimum atomic E-state index is 0.450. The van der Waals surface area contributed by atoms with E-state index in [2.05, 4.69) is 10.3 Å². The maximum atomic E-state index is 6.08. The van der Waals surface area contributed by atoms with Crippen LogP contribution >= 0.6 is 23.2 Å². The van der Waals surface area contributed by atoms with Crippen LogP contribution in [0.1, 0.15) is 25.7 Å². The SMILES string of the molecule is ClCC1CCCCC1Nc1ccncc1Cl. The highest BCUT2D eigenvalue weighted by Gasteiger charge is 2.24. The van der Waals surface area contributed by atoms with Crippen molar-refractivity contribution in [2.75, 3.05) is 11.2 Å². The maximum absolute atomic E-state index is 6.08. The molecule has 2 unspecified atom stereocenters. The van der Waals surface area contributed by atoms with E-state index in [0.717, 1.165) is 11.6 Å². The van der Waals surface area contributed by atoms with E-state index in [0.29, 0.717) is 17.0 Å². The molecule has 1 saturated carbocycles. The van der Waals surface area contributed by atoms with Gasteiger partial charge < -0.3 is 5.32 Å². The third-order valence-corrected chi connectivity index (χ3v) is 3.92. The molecule has 1 aliphatic rings. The highest BCUT2D eigenvalue weighted by Crippen LogP contribution is 2.30. The average molecular weight is 259 g/mol. The van der Waals surface area contributed by atoms with Gasteiger partial charge in [-0.25, -0.2) is 0 Å². The number of rotatable bonds is 3. The third kappa shape index (κ3) is 2.80. The van der Waals surface area contributed by atoms with Gasteiger partial charge in [0.05, 0.1) is 10.7 Å². The van der Waals surface area contributed by atoms with Gasteiger partial charge in [0.15, 0.2) is 0 Å². The van der Waals surface area contributed by atoms with Crippen molar-refractivity contribution >= 4 is 28.9 Å². The Kier molecular flexibility index (Phi) is 4.30. The molecule has 0 aliphatic heterocycles. The molecule has 0 spiro atoms. The molecule has 0 amide bonds. The number of aromatic nitrogens is 1. The molecule has 0 saturated heterocycles. The summed E-state index contributed by atoms with van der Waals surface area (Å²) in [6.07, 6.45) is 8.38. The minimum Gasteiger partial charge on any atom is -0.381 e. The molecule has 1 aromatic rings. The molecule has 1 aliphatic carbocycles. The van der Waals surface area contributed by atoms with Gasteiger partial charge in [-0.15, -0.1) is 11.6 Å². The molecule has 4 heteroatoms. The van der Waals surface area contributed by atoms with Crippen LogP contribution in [-0.4, -0.2) is 16.9 Å². The Bertz CT molecular complexity index is 344. The number of pyridine rings is 1. The molecule has 88 valence electrons. The van der Waals surface area contributed by atoms with Crippen LogP contribution in [0.4, 0.5) is 5.69 Å². The number of nitrogens with one attached hydrogen (secondary N) is 1. The molecule has 0 bridgehead atoms. The van der Waals surface area contributed by atoms with Crippen LogP contribution in [0.2, 0.25) is 5.02 Å². The Morgan fingerprint density at radius 2 is 2.19 bits per heavy atom. The smallest absolute Gasteiger partial charge is 0.0820 e. The monoisotopic (exact) mass is 258 g/mol. The number of hydrogen-bond donors (Lipinski definition) is 1. The van der Waals surface area contributed by atoms with Crippen LogP contribution in [0.25, 0.3) is 0 Å². The zero-order valence-electron chi connectivity index (χ0n) is 9.13. The number of alkyl halides is 1. The third-order valence-electron chi connectivity index (χ3n) is 3.22. The molecule has 0 radical (unpaired) electrons. The van der Waals surface area contributed by atoms with E-state index in [-0.39, 0.29) is 0 Å². The fraction of sp³-hybridized carbons (Fsp3) is 0.583. The largest absolute Gasteiger partial charge is 0.381 e. The van der Waals surface area contributed by atoms with Crippen molar-refractivity contribution in [3.63, 3.8) is 0 Å². The first-order valence-corrected chi connectivity index (χ1v) is 6.64. The summed E-state index contributed by atoms with van der Waals surface area (Å²) < 4.78 is 0. The Labute approximate surface area is 106 Å². The molecule has 1 fully saturated rings. The summed E-state index contributed by atoms with van der Waals surface area (Å²) in [5.74, 6) is 1.28. The summed E-state index contributed by atoms with van der Waals surface area (Å²) >= 11 is 12.1. The topological polar surface area (TPSA) is 24.9 Å². The first kappa shape index (κ1) is 12.0. The van der Waals surface area contributed by atoms with Gasteiger partial charge >= 0.3 is 0 Å². The van der Waals surface area contributed by atoms with Crippen molar-refractivity contribution in [1.82, 2.24) is 4.98 Å². The van der Waals surface area contributed by atoms with E-state index in [9.17, 15) is 0 Å². The van der Waals surface area contributed by atoms with E-state index >= 15 is 0 Å². The van der Waals surface area contributed by atoms with Crippen LogP contribution in [0.3, 0.4) is 0 Å². The lowest BCUT2D eigenvalue weighted by Crippen LogP contribution is -2.33. The lowest BCUT2D eigenvalue weighted by molar-refractivity contribution is 0.353. The fourth-order valence-electron chi connectivity index (χ4n) is 2.27. The van der Waals surface area contributed by atoms with Gasteiger partial charge in [0.25, 0.3) is 0 Å². The predicted molar refractivity (Wildman–Crippen MR) is 69.3 cm³/mol. The van der Waals surface area contributed by atoms with Gasteiger partial charge in [-0.05, 0) is 24.8 Å². The molecule has 2 rings (SSSR count). The molecule has 16 heavy (non-hydrogen) atoms. The van der Waals surface area contributed by atoms with Crippen molar-refractivity contribution in [2.45, 2.75) is 31.7 Å². The first-order chi connectivity index (χ1) is 7.81. The predicted octanol–water partition coefficient (Wildman–Crippen LogP) is 3.94. The van der Waals surface area contributed by atoms with Crippen molar-refractivity contribution in [2.24, 2.45) is 5.92 Å². The summed E-state index contributed by atoms with van der Waals surface area (Å²) in [6.45, 7) is 0. The summed E-state index contributed by atoms with van der Waals surface area (Å²) in [5, 5.41) is 4.18. The molecule has 0 aromatic carbocycles. The number of hydrogen-bond acceptors (Lipinski definition) is 2. The molecule has 2 nitrogen and oxygen atoms in total. The normalized spacial score (nSPS) is 25.4. The van der Waals surface area contributed by atoms with E-state index in [1.807, 2.05) is 6.07 Å². The van der Waals surface area contributed by atoms with Gasteiger partial charge in [0.1, 0.15) is 0 Å². The zero-order chi connectivity index (χ0) is 11.4. The van der Waals surface area contributed by atoms with Crippen LogP contribution in [0.15, 0.2) is 18.5 Å². The van der Waals surface area contributed by atoms with E-state index in [1.54, 1.807) is 12.4 Å². The van der Waals surface area contributed by atoms with Crippen LogP contribution in [0, 0.1) is 5.92 Å². The Hall–Kier alpha value is -0.470. The maximum Gasteiger partial charge on any atom is 0.0820 e. The van der Waals surface area contributed by atoms with Crippen molar-refractivity contribution in [3.8, 4) is 0 Å². The van der Waals surface area contributed by atoms with Crippen LogP contribution < -0.4 is 5.32 Å². The summed E-state index contributed by atoms with van der Waals surface area (Å²) in [6, 6.07) is 2.37. The van der Waals surface area contributed by atoms with E-state index in [1.165, 1.54) is 25.7 Å². The summed E-state index contributed by atoms with van der Waals surface area (Å²) in [4.78, 5) is 3.98. The first-order valence-electron chi connectivity index (χ1n) is 5.73. The second-order valence-corrected chi connectivity index (χ2v) is 5.02. The second-order valence-electron chi connectivity index (χ2n) is 4.31. The van der Waals surface area contributed by atoms with E-state index in [4.69, 9.17) is 23.2 Å². The summed E-state index contributed by atoms with van der Waals surface area (Å²) in [5.41, 5.74) is 0.971. The van der Waals surface area contributed by atoms with Gasteiger partial charge in [0, 0.05) is 24.3 Å². The van der Waals surface area contributed by atoms with Gasteiger partial charge in [-0.3, -0.25) is 4.98 Å². The average Bonchev–Trinajstić information content (AvgIpc) is 2.33. The Balaban J connectivity index is 2.05. The number of anilines is 1. The Morgan fingerprint density at radius 1 is 1.38 bits per heavy atom. The molecular weight excluding hydrogens is 243 g/mol. The van der Waals surface area contributed by atoms with Crippen LogP contribution in [-0.2, 0) is 0 Å². The number of nitrogens with zero attached hydrogens (tertiary/aromatic N) is 1. The highest BCUT2D eigenvalue weighted by atomic mass is 35.5. The fourth-order valence-corrected chi connectivity index (χ4v) is 2.82. The van der Waals surface area contributed by atoms with Gasteiger partial charge in [-0.2, -0.15) is 0 Å². The quantitative estimate of drug-likeness (QED) is 0.831. The molecular formula is C12H16Cl2N2. The second kappa shape index (κ2) is 5.74. The van der Waals surface area contributed by atoms with Crippen molar-refractivity contribution < 1.29 is 0 Å². The lowest BCUT2D eigenvalue weighted by Gasteiger charge is -2.31. The molecule has 1 N–H and O–H groups in total. The van der Waals surface area contributed by atoms with Crippen molar-refractivity contribution in [1.29, 1.82) is 0 Å². The molecule has 2 atom stereocenters. The van der Waals surface area contributed by atoms with Gasteiger partial charge in [-0.1, -0.05) is 24.4 Å². The highest BCUT2D eigenvalue weighted by molar-refractivity contribution is 6.33. The summed E-state index contributed by atoms with van der Waals surface area (Å²) in [7, 11) is 0. The molecule has 1 aromatic heterocycles. The molecule has 1 heterocycles. The standard InChI is InChI=1S/C12H16Cl2N2/c13-7-9-3-1-2-4-11(9)16-12-5-6-15-8-10(12)14/h5-6,8-9,11H,1-4,7H2,(H,15,16). The van der Waals surface area contributed by atoms with E-state index < -0.39 is 0 Å². The minimum absolute atomic E-state index is 0.450. The van der Waals surface area contributed by atoms with Gasteiger partial charge in [0.2, 0.25) is 0 Å². The van der Waals surface area contributed by atoms with Crippen molar-refractivity contribution in [3.05, 3.63) is 23.5 Å². The zero-order valence-corrected chi connectivity index (χ0v) is 10.6. The Morgan fingerprint density at radius 3 is 2.94 bits per heavy atom. The number of halogens is 2. The lowest BCUT2D eigenvalue weighted by atomic mass is 9.85. The van der Waals surface area contributed by atoms with Crippen LogP contribution in [0.5, 0.6) is 0 Å².